The zero-order valence-corrected chi connectivity index (χ0v) is 14.7. The summed E-state index contributed by atoms with van der Waals surface area (Å²) in [5.41, 5.74) is 1.49. The summed E-state index contributed by atoms with van der Waals surface area (Å²) in [6, 6.07) is 13.7. The van der Waals surface area contributed by atoms with Crippen molar-refractivity contribution in [2.45, 2.75) is 11.4 Å². The Bertz CT molecular complexity index is 768. The Morgan fingerprint density at radius 1 is 1.05 bits per heavy atom. The maximum Gasteiger partial charge on any atom is 0.253 e. The summed E-state index contributed by atoms with van der Waals surface area (Å²) >= 11 is 3.37. The third-order valence-corrected chi connectivity index (χ3v) is 4.87. The highest BCUT2D eigenvalue weighted by atomic mass is 79.9. The summed E-state index contributed by atoms with van der Waals surface area (Å²) < 4.78 is 23.8. The normalized spacial score (nSPS) is 11.2. The van der Waals surface area contributed by atoms with E-state index in [1.165, 1.54) is 24.3 Å². The molecule has 116 valence electrons. The van der Waals surface area contributed by atoms with Crippen molar-refractivity contribution in [2.24, 2.45) is 0 Å². The van der Waals surface area contributed by atoms with Gasteiger partial charge < -0.3 is 4.90 Å². The maximum absolute atomic E-state index is 12.3. The molecular formula is C16H16BrNO3S. The Morgan fingerprint density at radius 2 is 1.59 bits per heavy atom. The molecule has 4 nitrogen and oxygen atoms in total. The van der Waals surface area contributed by atoms with Crippen molar-refractivity contribution >= 4 is 31.7 Å². The monoisotopic (exact) mass is 381 g/mol. The number of rotatable bonds is 4. The fourth-order valence-corrected chi connectivity index (χ4v) is 2.90. The van der Waals surface area contributed by atoms with Gasteiger partial charge in [0.2, 0.25) is 0 Å². The van der Waals surface area contributed by atoms with E-state index in [1.54, 1.807) is 11.9 Å². The fraction of sp³-hybridized carbons (Fsp3) is 0.188. The molecule has 0 saturated heterocycles. The van der Waals surface area contributed by atoms with E-state index in [0.29, 0.717) is 12.1 Å². The average molecular weight is 382 g/mol. The number of nitrogens with zero attached hydrogens (tertiary/aromatic N) is 1. The number of halogens is 1. The number of carbonyl (C=O) groups excluding carboxylic acids is 1. The molecule has 2 aromatic carbocycles. The van der Waals surface area contributed by atoms with Crippen LogP contribution in [0.3, 0.4) is 0 Å². The van der Waals surface area contributed by atoms with Crippen molar-refractivity contribution in [3.63, 3.8) is 0 Å². The number of sulfone groups is 1. The predicted molar refractivity (Wildman–Crippen MR) is 89.5 cm³/mol. The van der Waals surface area contributed by atoms with E-state index in [0.717, 1.165) is 16.3 Å². The van der Waals surface area contributed by atoms with Crippen LogP contribution >= 0.6 is 15.9 Å². The molecule has 0 aliphatic heterocycles. The van der Waals surface area contributed by atoms with E-state index in [2.05, 4.69) is 15.9 Å². The Hall–Kier alpha value is -1.66. The van der Waals surface area contributed by atoms with Gasteiger partial charge in [-0.15, -0.1) is 0 Å². The Balaban J connectivity index is 2.12. The molecule has 0 atom stereocenters. The number of benzene rings is 2. The van der Waals surface area contributed by atoms with Crippen LogP contribution in [0.15, 0.2) is 57.9 Å². The highest BCUT2D eigenvalue weighted by Gasteiger charge is 2.13. The second-order valence-corrected chi connectivity index (χ2v) is 8.02. The minimum atomic E-state index is -3.25. The van der Waals surface area contributed by atoms with Crippen LogP contribution in [-0.2, 0) is 16.4 Å². The van der Waals surface area contributed by atoms with E-state index in [9.17, 15) is 13.2 Å². The zero-order chi connectivity index (χ0) is 16.3. The first-order valence-electron chi connectivity index (χ1n) is 6.57. The van der Waals surface area contributed by atoms with Gasteiger partial charge in [-0.25, -0.2) is 8.42 Å². The molecule has 0 aliphatic rings. The summed E-state index contributed by atoms with van der Waals surface area (Å²) in [5.74, 6) is -0.150. The van der Waals surface area contributed by atoms with Gasteiger partial charge in [-0.05, 0) is 42.0 Å². The molecule has 0 fully saturated rings. The summed E-state index contributed by atoms with van der Waals surface area (Å²) in [5, 5.41) is 0. The Labute approximate surface area is 138 Å². The third-order valence-electron chi connectivity index (χ3n) is 3.21. The van der Waals surface area contributed by atoms with Crippen molar-refractivity contribution in [1.82, 2.24) is 4.90 Å². The molecule has 2 rings (SSSR count). The SMILES string of the molecule is CN(Cc1ccc(Br)cc1)C(=O)c1ccc(S(C)(=O)=O)cc1. The first-order chi connectivity index (χ1) is 10.3. The first kappa shape index (κ1) is 16.7. The van der Waals surface area contributed by atoms with Crippen LogP contribution in [0.25, 0.3) is 0 Å². The van der Waals surface area contributed by atoms with Gasteiger partial charge in [0.05, 0.1) is 4.90 Å². The van der Waals surface area contributed by atoms with Crippen molar-refractivity contribution in [3.05, 3.63) is 64.1 Å². The zero-order valence-electron chi connectivity index (χ0n) is 12.3. The summed E-state index contributed by atoms with van der Waals surface area (Å²) in [7, 11) is -1.53. The quantitative estimate of drug-likeness (QED) is 0.817. The highest BCUT2D eigenvalue weighted by Crippen LogP contribution is 2.15. The van der Waals surface area contributed by atoms with Gasteiger partial charge >= 0.3 is 0 Å². The summed E-state index contributed by atoms with van der Waals surface area (Å²) in [6.45, 7) is 0.486. The third kappa shape index (κ3) is 4.18. The lowest BCUT2D eigenvalue weighted by atomic mass is 10.1. The van der Waals surface area contributed by atoms with Crippen molar-refractivity contribution < 1.29 is 13.2 Å². The van der Waals surface area contributed by atoms with Gasteiger partial charge in [-0.2, -0.15) is 0 Å². The lowest BCUT2D eigenvalue weighted by Gasteiger charge is -2.17. The second-order valence-electron chi connectivity index (χ2n) is 5.08. The molecule has 0 N–H and O–H groups in total. The Kier molecular flexibility index (Phi) is 5.03. The second kappa shape index (κ2) is 6.62. The van der Waals surface area contributed by atoms with Crippen LogP contribution in [0, 0.1) is 0 Å². The van der Waals surface area contributed by atoms with Gasteiger partial charge in [0, 0.05) is 29.9 Å². The van der Waals surface area contributed by atoms with Crippen molar-refractivity contribution in [3.8, 4) is 0 Å². The molecule has 0 heterocycles. The van der Waals surface area contributed by atoms with Crippen LogP contribution < -0.4 is 0 Å². The van der Waals surface area contributed by atoms with Gasteiger partial charge in [-0.1, -0.05) is 28.1 Å². The maximum atomic E-state index is 12.3. The molecular weight excluding hydrogens is 366 g/mol. The molecule has 0 spiro atoms. The van der Waals surface area contributed by atoms with E-state index in [-0.39, 0.29) is 10.8 Å². The molecule has 1 amide bonds. The number of amides is 1. The van der Waals surface area contributed by atoms with E-state index in [1.807, 2.05) is 24.3 Å². The van der Waals surface area contributed by atoms with Crippen LogP contribution in [-0.4, -0.2) is 32.5 Å². The van der Waals surface area contributed by atoms with E-state index < -0.39 is 9.84 Å². The van der Waals surface area contributed by atoms with Crippen LogP contribution in [0.5, 0.6) is 0 Å². The minimum Gasteiger partial charge on any atom is -0.337 e. The highest BCUT2D eigenvalue weighted by molar-refractivity contribution is 9.10. The van der Waals surface area contributed by atoms with Crippen molar-refractivity contribution in [1.29, 1.82) is 0 Å². The summed E-state index contributed by atoms with van der Waals surface area (Å²) in [4.78, 5) is 14.1. The smallest absolute Gasteiger partial charge is 0.253 e. The van der Waals surface area contributed by atoms with Gasteiger partial charge in [0.15, 0.2) is 9.84 Å². The molecule has 22 heavy (non-hydrogen) atoms. The number of hydrogen-bond acceptors (Lipinski definition) is 3. The van der Waals surface area contributed by atoms with E-state index in [4.69, 9.17) is 0 Å². The molecule has 0 radical (unpaired) electrons. The molecule has 0 unspecified atom stereocenters. The van der Waals surface area contributed by atoms with Crippen LogP contribution in [0.1, 0.15) is 15.9 Å². The standard InChI is InChI=1S/C16H16BrNO3S/c1-18(11-12-3-7-14(17)8-4-12)16(19)13-5-9-15(10-6-13)22(2,20)21/h3-10H,11H2,1-2H3. The van der Waals surface area contributed by atoms with Crippen molar-refractivity contribution in [2.75, 3.05) is 13.3 Å². The van der Waals surface area contributed by atoms with Crippen LogP contribution in [0.4, 0.5) is 0 Å². The molecule has 0 aromatic heterocycles. The van der Waals surface area contributed by atoms with Gasteiger partial charge in [0.1, 0.15) is 0 Å². The lowest BCUT2D eigenvalue weighted by molar-refractivity contribution is 0.0785. The molecule has 0 saturated carbocycles. The largest absolute Gasteiger partial charge is 0.337 e. The summed E-state index contributed by atoms with van der Waals surface area (Å²) in [6.07, 6.45) is 1.14. The molecule has 6 heteroatoms. The molecule has 2 aromatic rings. The predicted octanol–water partition coefficient (Wildman–Crippen LogP) is 3.12. The average Bonchev–Trinajstić information content (AvgIpc) is 2.48. The van der Waals surface area contributed by atoms with Gasteiger partial charge in [-0.3, -0.25) is 4.79 Å². The Morgan fingerprint density at radius 3 is 2.09 bits per heavy atom. The molecule has 0 aliphatic carbocycles. The fourth-order valence-electron chi connectivity index (χ4n) is 2.00. The first-order valence-corrected chi connectivity index (χ1v) is 9.26. The van der Waals surface area contributed by atoms with E-state index >= 15 is 0 Å². The van der Waals surface area contributed by atoms with Gasteiger partial charge in [0.25, 0.3) is 5.91 Å². The number of hydrogen-bond donors (Lipinski definition) is 0. The lowest BCUT2D eigenvalue weighted by Crippen LogP contribution is -2.26. The van der Waals surface area contributed by atoms with Crippen LogP contribution in [0.2, 0.25) is 0 Å². The molecule has 0 bridgehead atoms. The topological polar surface area (TPSA) is 54.5 Å². The number of carbonyl (C=O) groups is 1. The minimum absolute atomic E-state index is 0.150.